The van der Waals surface area contributed by atoms with E-state index in [0.717, 1.165) is 30.4 Å². The summed E-state index contributed by atoms with van der Waals surface area (Å²) in [5.41, 5.74) is 1.51. The lowest BCUT2D eigenvalue weighted by molar-refractivity contribution is -0.115. The van der Waals surface area contributed by atoms with Gasteiger partial charge in [0.25, 0.3) is 0 Å². The number of allylic oxidation sites excluding steroid dienone is 2. The zero-order valence-corrected chi connectivity index (χ0v) is 16.3. The van der Waals surface area contributed by atoms with Gasteiger partial charge in [0.05, 0.1) is 0 Å². The van der Waals surface area contributed by atoms with Crippen LogP contribution in [-0.4, -0.2) is 35.5 Å². The SMILES string of the molecule is C=CCCCC#CC.CC1=C2CN(C(=O)OC(C)(C)C)CC2CC1=O. The summed E-state index contributed by atoms with van der Waals surface area (Å²) in [5.74, 6) is 6.29. The zero-order valence-electron chi connectivity index (χ0n) is 16.3. The van der Waals surface area contributed by atoms with Gasteiger partial charge in [-0.25, -0.2) is 4.79 Å². The molecule has 0 aromatic carbocycles. The van der Waals surface area contributed by atoms with E-state index in [1.807, 2.05) is 40.7 Å². The fourth-order valence-corrected chi connectivity index (χ4v) is 2.87. The molecule has 25 heavy (non-hydrogen) atoms. The molecule has 0 spiro atoms. The molecular weight excluding hydrogens is 314 g/mol. The molecule has 0 aromatic rings. The van der Waals surface area contributed by atoms with Crippen molar-refractivity contribution < 1.29 is 14.3 Å². The fraction of sp³-hybridized carbons (Fsp3) is 0.619. The van der Waals surface area contributed by atoms with E-state index < -0.39 is 5.60 Å². The summed E-state index contributed by atoms with van der Waals surface area (Å²) < 4.78 is 5.33. The van der Waals surface area contributed by atoms with Crippen LogP contribution in [0.4, 0.5) is 4.79 Å². The van der Waals surface area contributed by atoms with Crippen molar-refractivity contribution in [2.45, 2.75) is 65.9 Å². The Morgan fingerprint density at radius 2 is 2.12 bits per heavy atom. The monoisotopic (exact) mass is 345 g/mol. The van der Waals surface area contributed by atoms with Crippen molar-refractivity contribution >= 4 is 11.9 Å². The van der Waals surface area contributed by atoms with Gasteiger partial charge in [-0.1, -0.05) is 6.08 Å². The molecule has 1 fully saturated rings. The molecule has 1 atom stereocenters. The number of rotatable bonds is 3. The number of ether oxygens (including phenoxy) is 1. The van der Waals surface area contributed by atoms with Gasteiger partial charge in [-0.15, -0.1) is 18.4 Å². The topological polar surface area (TPSA) is 46.6 Å². The highest BCUT2D eigenvalue weighted by atomic mass is 16.6. The molecule has 0 saturated carbocycles. The lowest BCUT2D eigenvalue weighted by Gasteiger charge is -2.24. The average molecular weight is 345 g/mol. The molecule has 1 saturated heterocycles. The van der Waals surface area contributed by atoms with E-state index >= 15 is 0 Å². The first-order valence-corrected chi connectivity index (χ1v) is 8.90. The second kappa shape index (κ2) is 9.46. The zero-order chi connectivity index (χ0) is 19.0. The number of ketones is 1. The van der Waals surface area contributed by atoms with Crippen LogP contribution in [0, 0.1) is 17.8 Å². The molecule has 1 heterocycles. The Morgan fingerprint density at radius 3 is 2.64 bits per heavy atom. The van der Waals surface area contributed by atoms with E-state index in [0.29, 0.717) is 19.5 Å². The highest BCUT2D eigenvalue weighted by molar-refractivity contribution is 5.99. The normalized spacial score (nSPS) is 18.8. The lowest BCUT2D eigenvalue weighted by Crippen LogP contribution is -2.35. The Morgan fingerprint density at radius 1 is 1.44 bits per heavy atom. The molecule has 1 aliphatic heterocycles. The van der Waals surface area contributed by atoms with Gasteiger partial charge < -0.3 is 9.64 Å². The number of carbonyl (C=O) groups is 2. The van der Waals surface area contributed by atoms with Crippen LogP contribution in [0.1, 0.15) is 60.3 Å². The van der Waals surface area contributed by atoms with Crippen LogP contribution < -0.4 is 0 Å². The molecule has 1 unspecified atom stereocenters. The average Bonchev–Trinajstić information content (AvgIpc) is 3.04. The minimum atomic E-state index is -0.464. The smallest absolute Gasteiger partial charge is 0.410 e. The van der Waals surface area contributed by atoms with Crippen molar-refractivity contribution in [3.8, 4) is 11.8 Å². The standard InChI is InChI=1S/C13H19NO3.C8H12/c1-8-10-7-14(6-9(10)5-11(8)15)12(16)17-13(2,3)4;1-3-5-7-8-6-4-2/h9H,5-7H2,1-4H3;3H,1,5,7-8H2,2H3. The third kappa shape index (κ3) is 6.78. The minimum absolute atomic E-state index is 0.230. The molecule has 138 valence electrons. The van der Waals surface area contributed by atoms with Crippen molar-refractivity contribution in [1.29, 1.82) is 0 Å². The van der Waals surface area contributed by atoms with E-state index in [1.54, 1.807) is 4.90 Å². The first-order chi connectivity index (χ1) is 11.7. The molecule has 0 N–H and O–H groups in total. The van der Waals surface area contributed by atoms with Gasteiger partial charge >= 0.3 is 6.09 Å². The van der Waals surface area contributed by atoms with Crippen molar-refractivity contribution in [2.75, 3.05) is 13.1 Å². The highest BCUT2D eigenvalue weighted by Crippen LogP contribution is 2.35. The Labute approximate surface area is 152 Å². The van der Waals surface area contributed by atoms with Crippen molar-refractivity contribution in [3.05, 3.63) is 23.8 Å². The number of carbonyl (C=O) groups excluding carboxylic acids is 2. The first-order valence-electron chi connectivity index (χ1n) is 8.90. The summed E-state index contributed by atoms with van der Waals surface area (Å²) in [4.78, 5) is 25.1. The summed E-state index contributed by atoms with van der Waals surface area (Å²) in [6.07, 6.45) is 5.47. The predicted octanol–water partition coefficient (Wildman–Crippen LogP) is 4.51. The molecular formula is C21H31NO3. The second-order valence-corrected chi connectivity index (χ2v) is 7.44. The second-order valence-electron chi connectivity index (χ2n) is 7.44. The quantitative estimate of drug-likeness (QED) is 0.429. The van der Waals surface area contributed by atoms with Gasteiger partial charge in [0.1, 0.15) is 5.60 Å². The molecule has 2 rings (SSSR count). The number of hydrogen-bond acceptors (Lipinski definition) is 3. The molecule has 2 aliphatic rings. The van der Waals surface area contributed by atoms with Crippen LogP contribution in [0.5, 0.6) is 0 Å². The summed E-state index contributed by atoms with van der Waals surface area (Å²) in [6, 6.07) is 0. The minimum Gasteiger partial charge on any atom is -0.444 e. The van der Waals surface area contributed by atoms with E-state index in [2.05, 4.69) is 18.4 Å². The van der Waals surface area contributed by atoms with E-state index in [4.69, 9.17) is 4.74 Å². The Hall–Kier alpha value is -2.02. The maximum Gasteiger partial charge on any atom is 0.410 e. The fourth-order valence-electron chi connectivity index (χ4n) is 2.87. The molecule has 4 heteroatoms. The third-order valence-electron chi connectivity index (χ3n) is 4.16. The van der Waals surface area contributed by atoms with Crippen molar-refractivity contribution in [3.63, 3.8) is 0 Å². The van der Waals surface area contributed by atoms with Crippen LogP contribution in [-0.2, 0) is 9.53 Å². The molecule has 0 radical (unpaired) electrons. The third-order valence-corrected chi connectivity index (χ3v) is 4.16. The van der Waals surface area contributed by atoms with Crippen molar-refractivity contribution in [2.24, 2.45) is 5.92 Å². The number of amides is 1. The van der Waals surface area contributed by atoms with Crippen LogP contribution >= 0.6 is 0 Å². The van der Waals surface area contributed by atoms with Gasteiger partial charge in [0.2, 0.25) is 0 Å². The van der Waals surface area contributed by atoms with Gasteiger partial charge in [-0.3, -0.25) is 4.79 Å². The molecule has 4 nitrogen and oxygen atoms in total. The van der Waals surface area contributed by atoms with Gasteiger partial charge in [-0.2, -0.15) is 0 Å². The molecule has 0 bridgehead atoms. The Balaban J connectivity index is 0.000000333. The molecule has 0 aromatic heterocycles. The summed E-state index contributed by atoms with van der Waals surface area (Å²) in [7, 11) is 0. The maximum atomic E-state index is 11.9. The number of nitrogens with zero attached hydrogens (tertiary/aromatic N) is 1. The van der Waals surface area contributed by atoms with E-state index in [9.17, 15) is 9.59 Å². The van der Waals surface area contributed by atoms with Gasteiger partial charge in [-0.05, 0) is 58.6 Å². The van der Waals surface area contributed by atoms with Crippen LogP contribution in [0.15, 0.2) is 23.8 Å². The van der Waals surface area contributed by atoms with E-state index in [1.165, 1.54) is 0 Å². The summed E-state index contributed by atoms with van der Waals surface area (Å²) >= 11 is 0. The number of fused-ring (bicyclic) bond motifs is 1. The van der Waals surface area contributed by atoms with E-state index in [-0.39, 0.29) is 17.8 Å². The highest BCUT2D eigenvalue weighted by Gasteiger charge is 2.39. The van der Waals surface area contributed by atoms with Gasteiger partial charge in [0.15, 0.2) is 5.78 Å². The van der Waals surface area contributed by atoms with Crippen LogP contribution in [0.3, 0.4) is 0 Å². The Bertz CT molecular complexity index is 599. The number of hydrogen-bond donors (Lipinski definition) is 0. The number of unbranched alkanes of at least 4 members (excludes halogenated alkanes) is 2. The number of Topliss-reactive ketones (excluding diaryl/α,β-unsaturated/α-hetero) is 1. The summed E-state index contributed by atoms with van der Waals surface area (Å²) in [6.45, 7) is 14.1. The van der Waals surface area contributed by atoms with Crippen molar-refractivity contribution in [1.82, 2.24) is 4.90 Å². The Kier molecular flexibility index (Phi) is 7.96. The molecule has 1 amide bonds. The molecule has 1 aliphatic carbocycles. The first kappa shape index (κ1) is 21.0. The summed E-state index contributed by atoms with van der Waals surface area (Å²) in [5, 5.41) is 0. The maximum absolute atomic E-state index is 11.9. The van der Waals surface area contributed by atoms with Crippen LogP contribution in [0.2, 0.25) is 0 Å². The lowest BCUT2D eigenvalue weighted by atomic mass is 10.1. The largest absolute Gasteiger partial charge is 0.444 e. The van der Waals surface area contributed by atoms with Gasteiger partial charge in [0, 0.05) is 31.8 Å². The number of likely N-dealkylation sites (tertiary alicyclic amines) is 1. The van der Waals surface area contributed by atoms with Crippen LogP contribution in [0.25, 0.3) is 0 Å². The predicted molar refractivity (Wildman–Crippen MR) is 101 cm³/mol.